The summed E-state index contributed by atoms with van der Waals surface area (Å²) in [5, 5.41) is 4.48. The SMILES string of the molecule is Cc1nc(C)c(C(=O)NCc2ccc(Cl)cc2)s1. The molecular formula is C13H13ClN2OS. The predicted molar refractivity (Wildman–Crippen MR) is 74.2 cm³/mol. The van der Waals surface area contributed by atoms with Gasteiger partial charge < -0.3 is 5.32 Å². The van der Waals surface area contributed by atoms with Crippen LogP contribution >= 0.6 is 22.9 Å². The van der Waals surface area contributed by atoms with Gasteiger partial charge in [-0.2, -0.15) is 0 Å². The van der Waals surface area contributed by atoms with Crippen LogP contribution in [0.15, 0.2) is 24.3 Å². The van der Waals surface area contributed by atoms with Crippen molar-refractivity contribution < 1.29 is 4.79 Å². The molecule has 1 heterocycles. The van der Waals surface area contributed by atoms with Crippen molar-refractivity contribution in [3.8, 4) is 0 Å². The highest BCUT2D eigenvalue weighted by atomic mass is 35.5. The molecule has 3 nitrogen and oxygen atoms in total. The normalized spacial score (nSPS) is 10.4. The molecule has 0 bridgehead atoms. The highest BCUT2D eigenvalue weighted by molar-refractivity contribution is 7.13. The second-order valence-corrected chi connectivity index (χ2v) is 5.60. The zero-order valence-electron chi connectivity index (χ0n) is 10.2. The van der Waals surface area contributed by atoms with Gasteiger partial charge in [0, 0.05) is 11.6 Å². The van der Waals surface area contributed by atoms with E-state index in [2.05, 4.69) is 10.3 Å². The standard InChI is InChI=1S/C13H13ClN2OS/c1-8-12(18-9(2)16-8)13(17)15-7-10-3-5-11(14)6-4-10/h3-6H,7H2,1-2H3,(H,15,17). The zero-order chi connectivity index (χ0) is 13.1. The number of halogens is 1. The first-order chi connectivity index (χ1) is 8.56. The maximum Gasteiger partial charge on any atom is 0.263 e. The number of rotatable bonds is 3. The summed E-state index contributed by atoms with van der Waals surface area (Å²) >= 11 is 7.22. The van der Waals surface area contributed by atoms with Gasteiger partial charge in [0.1, 0.15) is 4.88 Å². The van der Waals surface area contributed by atoms with Crippen LogP contribution in [-0.2, 0) is 6.54 Å². The first-order valence-electron chi connectivity index (χ1n) is 5.53. The highest BCUT2D eigenvalue weighted by Gasteiger charge is 2.12. The van der Waals surface area contributed by atoms with Gasteiger partial charge in [-0.1, -0.05) is 23.7 Å². The van der Waals surface area contributed by atoms with Crippen molar-refractivity contribution in [2.45, 2.75) is 20.4 Å². The molecule has 1 aromatic carbocycles. The van der Waals surface area contributed by atoms with Gasteiger partial charge in [-0.05, 0) is 31.5 Å². The molecule has 0 atom stereocenters. The summed E-state index contributed by atoms with van der Waals surface area (Å²) in [5.41, 5.74) is 1.80. The smallest absolute Gasteiger partial charge is 0.263 e. The lowest BCUT2D eigenvalue weighted by atomic mass is 10.2. The number of nitrogens with one attached hydrogen (secondary N) is 1. The van der Waals surface area contributed by atoms with Gasteiger partial charge >= 0.3 is 0 Å². The Balaban J connectivity index is 2.00. The van der Waals surface area contributed by atoms with Crippen LogP contribution in [0.1, 0.15) is 25.9 Å². The van der Waals surface area contributed by atoms with E-state index < -0.39 is 0 Å². The van der Waals surface area contributed by atoms with Crippen LogP contribution in [0, 0.1) is 13.8 Å². The number of amides is 1. The van der Waals surface area contributed by atoms with E-state index >= 15 is 0 Å². The lowest BCUT2D eigenvalue weighted by Crippen LogP contribution is -2.22. The fraction of sp³-hybridized carbons (Fsp3) is 0.231. The minimum absolute atomic E-state index is 0.0759. The fourth-order valence-electron chi connectivity index (χ4n) is 1.61. The average Bonchev–Trinajstić information content (AvgIpc) is 2.67. The molecule has 0 aliphatic carbocycles. The Bertz CT molecular complexity index is 563. The van der Waals surface area contributed by atoms with Crippen LogP contribution in [0.25, 0.3) is 0 Å². The number of hydrogen-bond donors (Lipinski definition) is 1. The van der Waals surface area contributed by atoms with Crippen molar-refractivity contribution in [1.29, 1.82) is 0 Å². The number of thiazole rings is 1. The van der Waals surface area contributed by atoms with Crippen molar-refractivity contribution in [3.05, 3.63) is 50.4 Å². The van der Waals surface area contributed by atoms with Crippen LogP contribution in [0.2, 0.25) is 5.02 Å². The maximum atomic E-state index is 12.0. The van der Waals surface area contributed by atoms with Crippen LogP contribution in [0.3, 0.4) is 0 Å². The Hall–Kier alpha value is -1.39. The summed E-state index contributed by atoms with van der Waals surface area (Å²) in [7, 11) is 0. The Morgan fingerprint density at radius 3 is 2.56 bits per heavy atom. The molecule has 94 valence electrons. The molecule has 2 rings (SSSR count). The number of hydrogen-bond acceptors (Lipinski definition) is 3. The number of nitrogens with zero attached hydrogens (tertiary/aromatic N) is 1. The molecule has 0 unspecified atom stereocenters. The van der Waals surface area contributed by atoms with E-state index in [0.717, 1.165) is 16.3 Å². The molecule has 0 spiro atoms. The summed E-state index contributed by atoms with van der Waals surface area (Å²) in [6.07, 6.45) is 0. The number of aromatic nitrogens is 1. The summed E-state index contributed by atoms with van der Waals surface area (Å²) in [6.45, 7) is 4.24. The molecule has 5 heteroatoms. The lowest BCUT2D eigenvalue weighted by Gasteiger charge is -2.04. The van der Waals surface area contributed by atoms with E-state index in [1.165, 1.54) is 11.3 Å². The van der Waals surface area contributed by atoms with Crippen molar-refractivity contribution >= 4 is 28.8 Å². The van der Waals surface area contributed by atoms with E-state index in [-0.39, 0.29) is 5.91 Å². The molecule has 0 aliphatic rings. The topological polar surface area (TPSA) is 42.0 Å². The predicted octanol–water partition coefficient (Wildman–Crippen LogP) is 3.34. The first-order valence-corrected chi connectivity index (χ1v) is 6.72. The quantitative estimate of drug-likeness (QED) is 0.937. The zero-order valence-corrected chi connectivity index (χ0v) is 11.7. The van der Waals surface area contributed by atoms with Crippen LogP contribution in [0.4, 0.5) is 0 Å². The molecule has 1 aromatic heterocycles. The molecule has 0 saturated carbocycles. The first kappa shape index (κ1) is 13.1. The third-order valence-corrected chi connectivity index (χ3v) is 3.80. The molecule has 1 amide bonds. The number of benzene rings is 1. The number of carbonyl (C=O) groups excluding carboxylic acids is 1. The Morgan fingerprint density at radius 2 is 2.00 bits per heavy atom. The lowest BCUT2D eigenvalue weighted by molar-refractivity contribution is 0.0954. The van der Waals surface area contributed by atoms with Crippen molar-refractivity contribution in [2.75, 3.05) is 0 Å². The molecule has 0 radical (unpaired) electrons. The van der Waals surface area contributed by atoms with Crippen LogP contribution in [0.5, 0.6) is 0 Å². The van der Waals surface area contributed by atoms with Crippen molar-refractivity contribution in [3.63, 3.8) is 0 Å². The molecule has 1 N–H and O–H groups in total. The monoisotopic (exact) mass is 280 g/mol. The molecule has 18 heavy (non-hydrogen) atoms. The molecule has 0 fully saturated rings. The molecule has 0 saturated heterocycles. The van der Waals surface area contributed by atoms with Crippen molar-refractivity contribution in [2.24, 2.45) is 0 Å². The van der Waals surface area contributed by atoms with E-state index in [0.29, 0.717) is 16.4 Å². The molecule has 2 aromatic rings. The second kappa shape index (κ2) is 5.50. The van der Waals surface area contributed by atoms with E-state index in [1.54, 1.807) is 0 Å². The van der Waals surface area contributed by atoms with Gasteiger partial charge in [0.05, 0.1) is 10.7 Å². The number of carbonyl (C=O) groups is 1. The Labute approximate surface area is 115 Å². The summed E-state index contributed by atoms with van der Waals surface area (Å²) in [4.78, 5) is 16.9. The van der Waals surface area contributed by atoms with E-state index in [4.69, 9.17) is 11.6 Å². The van der Waals surface area contributed by atoms with Crippen LogP contribution in [-0.4, -0.2) is 10.9 Å². The largest absolute Gasteiger partial charge is 0.347 e. The Kier molecular flexibility index (Phi) is 3.99. The van der Waals surface area contributed by atoms with Gasteiger partial charge in [0.2, 0.25) is 0 Å². The summed E-state index contributed by atoms with van der Waals surface area (Å²) in [6, 6.07) is 7.41. The van der Waals surface area contributed by atoms with E-state index in [1.807, 2.05) is 38.1 Å². The molecular weight excluding hydrogens is 268 g/mol. The maximum absolute atomic E-state index is 12.0. The summed E-state index contributed by atoms with van der Waals surface area (Å²) in [5.74, 6) is -0.0759. The van der Waals surface area contributed by atoms with E-state index in [9.17, 15) is 4.79 Å². The second-order valence-electron chi connectivity index (χ2n) is 3.96. The van der Waals surface area contributed by atoms with Crippen molar-refractivity contribution in [1.82, 2.24) is 10.3 Å². The molecule has 0 aliphatic heterocycles. The summed E-state index contributed by atoms with van der Waals surface area (Å²) < 4.78 is 0. The van der Waals surface area contributed by atoms with Gasteiger partial charge in [-0.25, -0.2) is 4.98 Å². The third kappa shape index (κ3) is 3.09. The highest BCUT2D eigenvalue weighted by Crippen LogP contribution is 2.17. The minimum Gasteiger partial charge on any atom is -0.347 e. The fourth-order valence-corrected chi connectivity index (χ4v) is 2.57. The number of aryl methyl sites for hydroxylation is 2. The van der Waals surface area contributed by atoms with Gasteiger partial charge in [0.25, 0.3) is 5.91 Å². The van der Waals surface area contributed by atoms with Crippen LogP contribution < -0.4 is 5.32 Å². The Morgan fingerprint density at radius 1 is 1.33 bits per heavy atom. The van der Waals surface area contributed by atoms with Gasteiger partial charge in [-0.3, -0.25) is 4.79 Å². The van der Waals surface area contributed by atoms with Gasteiger partial charge in [0.15, 0.2) is 0 Å². The van der Waals surface area contributed by atoms with Gasteiger partial charge in [-0.15, -0.1) is 11.3 Å². The minimum atomic E-state index is -0.0759. The average molecular weight is 281 g/mol. The third-order valence-electron chi connectivity index (χ3n) is 2.48.